The fraction of sp³-hybridized carbons (Fsp3) is 0.143. The monoisotopic (exact) mass is 493 g/mol. The molecule has 1 N–H and O–H groups in total. The lowest BCUT2D eigenvalue weighted by Gasteiger charge is -2.22. The van der Waals surface area contributed by atoms with Crippen LogP contribution in [0.5, 0.6) is 11.5 Å². The van der Waals surface area contributed by atoms with Crippen LogP contribution in [0.25, 0.3) is 0 Å². The Bertz CT molecular complexity index is 920. The van der Waals surface area contributed by atoms with Crippen molar-refractivity contribution in [3.8, 4) is 11.5 Å². The molecular weight excluding hydrogens is 472 g/mol. The van der Waals surface area contributed by atoms with Gasteiger partial charge >= 0.3 is 7.75 Å². The number of aryl methyl sites for hydroxylation is 3. The summed E-state index contributed by atoms with van der Waals surface area (Å²) in [5, 5.41) is 2.98. The van der Waals surface area contributed by atoms with Crippen LogP contribution in [0.1, 0.15) is 16.7 Å². The summed E-state index contributed by atoms with van der Waals surface area (Å²) < 4.78 is 26.3. The Morgan fingerprint density at radius 2 is 1.26 bits per heavy atom. The number of rotatable bonds is 6. The van der Waals surface area contributed by atoms with E-state index in [0.29, 0.717) is 17.2 Å². The van der Waals surface area contributed by atoms with Gasteiger partial charge in [0, 0.05) is 9.26 Å². The molecule has 0 heterocycles. The first kappa shape index (κ1) is 19.8. The molecule has 0 bridgehead atoms. The molecule has 0 atom stereocenters. The number of hydrogen-bond donors (Lipinski definition) is 1. The van der Waals surface area contributed by atoms with E-state index in [1.807, 2.05) is 63.2 Å². The molecule has 0 radical (unpaired) electrons. The van der Waals surface area contributed by atoms with Crippen LogP contribution in [0.15, 0.2) is 66.7 Å². The molecule has 0 fully saturated rings. The van der Waals surface area contributed by atoms with Crippen molar-refractivity contribution in [2.75, 3.05) is 5.09 Å². The summed E-state index contributed by atoms with van der Waals surface area (Å²) in [7, 11) is -3.71. The van der Waals surface area contributed by atoms with Crippen molar-refractivity contribution in [2.45, 2.75) is 20.8 Å². The number of anilines is 1. The molecule has 0 aliphatic rings. The van der Waals surface area contributed by atoms with Crippen molar-refractivity contribution in [3.63, 3.8) is 0 Å². The van der Waals surface area contributed by atoms with E-state index in [4.69, 9.17) is 9.05 Å². The van der Waals surface area contributed by atoms with Crippen molar-refractivity contribution in [3.05, 3.63) is 87.0 Å². The van der Waals surface area contributed by atoms with Gasteiger partial charge in [-0.05, 0) is 91.4 Å². The summed E-state index contributed by atoms with van der Waals surface area (Å²) >= 11 is 2.24. The Kier molecular flexibility index (Phi) is 6.12. The maximum Gasteiger partial charge on any atom is 0.541 e. The third-order valence-electron chi connectivity index (χ3n) is 3.94. The molecule has 0 spiro atoms. The molecule has 27 heavy (non-hydrogen) atoms. The Morgan fingerprint density at radius 3 is 1.70 bits per heavy atom. The summed E-state index contributed by atoms with van der Waals surface area (Å²) in [5.74, 6) is 0.957. The lowest BCUT2D eigenvalue weighted by Crippen LogP contribution is -2.10. The van der Waals surface area contributed by atoms with E-state index in [0.717, 1.165) is 20.3 Å². The van der Waals surface area contributed by atoms with Gasteiger partial charge in [-0.25, -0.2) is 4.57 Å². The highest BCUT2D eigenvalue weighted by Gasteiger charge is 2.29. The minimum Gasteiger partial charge on any atom is -0.400 e. The maximum absolute atomic E-state index is 13.6. The smallest absolute Gasteiger partial charge is 0.400 e. The van der Waals surface area contributed by atoms with Crippen molar-refractivity contribution < 1.29 is 13.6 Å². The largest absolute Gasteiger partial charge is 0.541 e. The van der Waals surface area contributed by atoms with Crippen LogP contribution in [-0.4, -0.2) is 0 Å². The van der Waals surface area contributed by atoms with Crippen LogP contribution >= 0.6 is 30.3 Å². The molecule has 0 unspecified atom stereocenters. The molecule has 6 heteroatoms. The van der Waals surface area contributed by atoms with Crippen LogP contribution in [0.4, 0.5) is 5.69 Å². The first-order valence-electron chi connectivity index (χ1n) is 8.50. The highest BCUT2D eigenvalue weighted by atomic mass is 127. The molecule has 3 rings (SSSR count). The lowest BCUT2D eigenvalue weighted by atomic mass is 10.2. The first-order valence-corrected chi connectivity index (χ1v) is 11.1. The average Bonchev–Trinajstić information content (AvgIpc) is 2.62. The second kappa shape index (κ2) is 8.36. The van der Waals surface area contributed by atoms with E-state index in [1.54, 1.807) is 24.3 Å². The van der Waals surface area contributed by atoms with E-state index < -0.39 is 7.75 Å². The van der Waals surface area contributed by atoms with E-state index in [2.05, 4.69) is 27.7 Å². The normalized spacial score (nSPS) is 11.1. The molecule has 4 nitrogen and oxygen atoms in total. The van der Waals surface area contributed by atoms with Crippen LogP contribution in [-0.2, 0) is 4.57 Å². The number of halogens is 1. The summed E-state index contributed by atoms with van der Waals surface area (Å²) in [6.07, 6.45) is 0. The summed E-state index contributed by atoms with van der Waals surface area (Å²) in [4.78, 5) is 0. The molecule has 0 aromatic heterocycles. The summed E-state index contributed by atoms with van der Waals surface area (Å²) in [6, 6.07) is 20.6. The average molecular weight is 493 g/mol. The minimum atomic E-state index is -3.71. The highest BCUT2D eigenvalue weighted by molar-refractivity contribution is 14.1. The zero-order chi connectivity index (χ0) is 19.4. The summed E-state index contributed by atoms with van der Waals surface area (Å²) in [6.45, 7) is 5.92. The topological polar surface area (TPSA) is 47.6 Å². The third kappa shape index (κ3) is 5.50. The van der Waals surface area contributed by atoms with Gasteiger partial charge in [0.15, 0.2) is 0 Å². The molecule has 0 amide bonds. The van der Waals surface area contributed by atoms with Crippen LogP contribution in [0, 0.1) is 24.3 Å². The molecule has 3 aromatic rings. The van der Waals surface area contributed by atoms with Crippen molar-refractivity contribution in [1.82, 2.24) is 0 Å². The van der Waals surface area contributed by atoms with E-state index in [9.17, 15) is 4.57 Å². The predicted molar refractivity (Wildman–Crippen MR) is 119 cm³/mol. The van der Waals surface area contributed by atoms with Crippen molar-refractivity contribution in [2.24, 2.45) is 0 Å². The Balaban J connectivity index is 1.92. The standard InChI is InChI=1S/C21H21INO3P/c1-15-4-9-19(10-5-15)25-27(24,26-20-11-6-16(2)7-12-20)23-21-13-8-18(22)14-17(21)3/h4-14H,1-3H3,(H,23,24). The van der Waals surface area contributed by atoms with Crippen molar-refractivity contribution in [1.29, 1.82) is 0 Å². The lowest BCUT2D eigenvalue weighted by molar-refractivity contribution is 0.392. The van der Waals surface area contributed by atoms with Gasteiger partial charge in [0.05, 0.1) is 0 Å². The second-order valence-electron chi connectivity index (χ2n) is 6.38. The molecule has 3 aromatic carbocycles. The fourth-order valence-corrected chi connectivity index (χ4v) is 4.56. The molecule has 0 saturated heterocycles. The van der Waals surface area contributed by atoms with Crippen LogP contribution in [0.2, 0.25) is 0 Å². The SMILES string of the molecule is Cc1ccc(OP(=O)(Nc2ccc(I)cc2C)Oc2ccc(C)cc2)cc1. The van der Waals surface area contributed by atoms with Gasteiger partial charge in [-0.1, -0.05) is 35.4 Å². The van der Waals surface area contributed by atoms with Gasteiger partial charge in [0.1, 0.15) is 11.5 Å². The van der Waals surface area contributed by atoms with E-state index in [1.165, 1.54) is 0 Å². The van der Waals surface area contributed by atoms with Gasteiger partial charge < -0.3 is 9.05 Å². The van der Waals surface area contributed by atoms with Gasteiger partial charge in [-0.3, -0.25) is 5.09 Å². The molecule has 0 saturated carbocycles. The number of hydrogen-bond acceptors (Lipinski definition) is 3. The quantitative estimate of drug-likeness (QED) is 0.300. The Labute approximate surface area is 173 Å². The fourth-order valence-electron chi connectivity index (χ4n) is 2.44. The van der Waals surface area contributed by atoms with Gasteiger partial charge in [-0.2, -0.15) is 0 Å². The van der Waals surface area contributed by atoms with E-state index in [-0.39, 0.29) is 0 Å². The first-order chi connectivity index (χ1) is 12.8. The molecular formula is C21H21INO3P. The van der Waals surface area contributed by atoms with Crippen LogP contribution < -0.4 is 14.1 Å². The van der Waals surface area contributed by atoms with Gasteiger partial charge in [-0.15, -0.1) is 0 Å². The van der Waals surface area contributed by atoms with Crippen LogP contribution in [0.3, 0.4) is 0 Å². The zero-order valence-electron chi connectivity index (χ0n) is 15.4. The number of nitrogens with one attached hydrogen (secondary N) is 1. The number of benzene rings is 3. The van der Waals surface area contributed by atoms with Crippen molar-refractivity contribution >= 4 is 36.0 Å². The molecule has 140 valence electrons. The minimum absolute atomic E-state index is 0.478. The zero-order valence-corrected chi connectivity index (χ0v) is 18.5. The summed E-state index contributed by atoms with van der Waals surface area (Å²) in [5.41, 5.74) is 3.86. The highest BCUT2D eigenvalue weighted by Crippen LogP contribution is 2.49. The Morgan fingerprint density at radius 1 is 0.778 bits per heavy atom. The molecule has 0 aliphatic heterocycles. The second-order valence-corrected chi connectivity index (χ2v) is 9.21. The van der Waals surface area contributed by atoms with Gasteiger partial charge in [0.2, 0.25) is 0 Å². The predicted octanol–water partition coefficient (Wildman–Crippen LogP) is 6.89. The third-order valence-corrected chi connectivity index (χ3v) is 6.03. The Hall–Kier alpha value is -1.98. The van der Waals surface area contributed by atoms with Gasteiger partial charge in [0.25, 0.3) is 0 Å². The van der Waals surface area contributed by atoms with E-state index >= 15 is 0 Å². The maximum atomic E-state index is 13.6. The molecule has 0 aliphatic carbocycles.